The minimum Gasteiger partial charge on any atom is -0.356 e. The van der Waals surface area contributed by atoms with Gasteiger partial charge < -0.3 is 16.0 Å². The van der Waals surface area contributed by atoms with E-state index in [0.717, 1.165) is 44.9 Å². The molecule has 27 heavy (non-hydrogen) atoms. The number of guanidine groups is 1. The second-order valence-electron chi connectivity index (χ2n) is 7.39. The van der Waals surface area contributed by atoms with Crippen molar-refractivity contribution in [3.05, 3.63) is 34.3 Å². The molecule has 1 aromatic carbocycles. The molecule has 150 valence electrons. The predicted octanol–water partition coefficient (Wildman–Crippen LogP) is 3.57. The fourth-order valence-electron chi connectivity index (χ4n) is 3.38. The normalized spacial score (nSPS) is 18.1. The number of nitrogens with zero attached hydrogens (tertiary/aromatic N) is 1. The summed E-state index contributed by atoms with van der Waals surface area (Å²) in [5.74, 6) is 1.32. The number of nitrogens with one attached hydrogen (secondary N) is 3. The summed E-state index contributed by atoms with van der Waals surface area (Å²) >= 11 is 3.68. The highest BCUT2D eigenvalue weighted by Crippen LogP contribution is 2.49. The van der Waals surface area contributed by atoms with Crippen molar-refractivity contribution in [2.45, 2.75) is 43.9 Å². The summed E-state index contributed by atoms with van der Waals surface area (Å²) < 4.78 is 1.18. The molecule has 1 amide bonds. The molecule has 1 aromatic rings. The Bertz CT molecular complexity index is 659. The van der Waals surface area contributed by atoms with Crippen LogP contribution in [0.4, 0.5) is 0 Å². The molecule has 5 nitrogen and oxygen atoms in total. The van der Waals surface area contributed by atoms with Gasteiger partial charge in [0.05, 0.1) is 0 Å². The van der Waals surface area contributed by atoms with E-state index < -0.39 is 0 Å². The highest BCUT2D eigenvalue weighted by molar-refractivity contribution is 14.0. The van der Waals surface area contributed by atoms with Crippen molar-refractivity contribution in [1.29, 1.82) is 0 Å². The van der Waals surface area contributed by atoms with E-state index in [1.54, 1.807) is 7.05 Å². The maximum Gasteiger partial charge on any atom is 0.223 e. The first-order valence-corrected chi connectivity index (χ1v) is 10.4. The van der Waals surface area contributed by atoms with E-state index in [0.29, 0.717) is 0 Å². The molecule has 7 heteroatoms. The van der Waals surface area contributed by atoms with Crippen molar-refractivity contribution < 1.29 is 4.79 Å². The van der Waals surface area contributed by atoms with E-state index in [2.05, 4.69) is 61.1 Å². The molecule has 2 aliphatic rings. The molecule has 0 bridgehead atoms. The molecular formula is C20H30BrIN4O. The van der Waals surface area contributed by atoms with Crippen LogP contribution in [0.25, 0.3) is 0 Å². The van der Waals surface area contributed by atoms with Crippen LogP contribution in [0, 0.1) is 5.92 Å². The number of benzene rings is 1. The smallest absolute Gasteiger partial charge is 0.223 e. The fraction of sp³-hybridized carbons (Fsp3) is 0.600. The van der Waals surface area contributed by atoms with E-state index in [-0.39, 0.29) is 41.2 Å². The van der Waals surface area contributed by atoms with Crippen LogP contribution in [0.1, 0.15) is 44.1 Å². The van der Waals surface area contributed by atoms with Gasteiger partial charge in [0.15, 0.2) is 5.96 Å². The van der Waals surface area contributed by atoms with E-state index in [1.807, 2.05) is 0 Å². The molecule has 3 N–H and O–H groups in total. The molecule has 0 aliphatic heterocycles. The Balaban J connectivity index is 0.00000261. The van der Waals surface area contributed by atoms with Gasteiger partial charge in [0.25, 0.3) is 0 Å². The Morgan fingerprint density at radius 2 is 1.89 bits per heavy atom. The number of rotatable bonds is 8. The first-order valence-electron chi connectivity index (χ1n) is 9.62. The molecular weight excluding hydrogens is 519 g/mol. The summed E-state index contributed by atoms with van der Waals surface area (Å²) in [6.07, 6.45) is 6.61. The van der Waals surface area contributed by atoms with Crippen LogP contribution < -0.4 is 16.0 Å². The average molecular weight is 549 g/mol. The molecule has 0 heterocycles. The Morgan fingerprint density at radius 3 is 2.48 bits per heavy atom. The molecule has 3 rings (SSSR count). The molecule has 2 fully saturated rings. The third kappa shape index (κ3) is 6.07. The average Bonchev–Trinajstić information content (AvgIpc) is 3.37. The lowest BCUT2D eigenvalue weighted by Crippen LogP contribution is -2.42. The fourth-order valence-corrected chi connectivity index (χ4v) is 4.08. The number of hydrogen-bond donors (Lipinski definition) is 3. The zero-order valence-electron chi connectivity index (χ0n) is 15.9. The molecule has 0 radical (unpaired) electrons. The maximum absolute atomic E-state index is 11.8. The lowest BCUT2D eigenvalue weighted by molar-refractivity contribution is -0.127. The summed E-state index contributed by atoms with van der Waals surface area (Å²) in [6.45, 7) is 2.40. The molecule has 0 unspecified atom stereocenters. The van der Waals surface area contributed by atoms with Crippen molar-refractivity contribution in [2.75, 3.05) is 26.7 Å². The number of halogens is 2. The van der Waals surface area contributed by atoms with Gasteiger partial charge in [-0.3, -0.25) is 9.79 Å². The zero-order chi connectivity index (χ0) is 18.4. The third-order valence-electron chi connectivity index (χ3n) is 5.54. The van der Waals surface area contributed by atoms with E-state index >= 15 is 0 Å². The Kier molecular flexibility index (Phi) is 8.85. The van der Waals surface area contributed by atoms with Gasteiger partial charge in [0.1, 0.15) is 0 Å². The van der Waals surface area contributed by atoms with Gasteiger partial charge >= 0.3 is 0 Å². The number of amides is 1. The summed E-state index contributed by atoms with van der Waals surface area (Å²) in [4.78, 5) is 16.1. The van der Waals surface area contributed by atoms with Gasteiger partial charge in [-0.25, -0.2) is 0 Å². The second kappa shape index (κ2) is 10.6. The van der Waals surface area contributed by atoms with Gasteiger partial charge in [-0.1, -0.05) is 40.5 Å². The van der Waals surface area contributed by atoms with Crippen molar-refractivity contribution in [1.82, 2.24) is 16.0 Å². The van der Waals surface area contributed by atoms with E-state index in [1.165, 1.54) is 29.3 Å². The minimum atomic E-state index is 0. The Morgan fingerprint density at radius 1 is 1.19 bits per heavy atom. The van der Waals surface area contributed by atoms with Gasteiger partial charge in [-0.2, -0.15) is 0 Å². The van der Waals surface area contributed by atoms with Crippen molar-refractivity contribution in [2.24, 2.45) is 10.9 Å². The van der Waals surface area contributed by atoms with Gasteiger partial charge in [-0.15, -0.1) is 24.0 Å². The number of aliphatic imine (C=N–C) groups is 1. The van der Waals surface area contributed by atoms with E-state index in [9.17, 15) is 4.79 Å². The Hall–Kier alpha value is -0.830. The van der Waals surface area contributed by atoms with Crippen LogP contribution >= 0.6 is 39.9 Å². The second-order valence-corrected chi connectivity index (χ2v) is 8.24. The van der Waals surface area contributed by atoms with Crippen molar-refractivity contribution >= 4 is 51.8 Å². The lowest BCUT2D eigenvalue weighted by Gasteiger charge is -2.24. The van der Waals surface area contributed by atoms with Gasteiger partial charge in [-0.05, 0) is 43.7 Å². The zero-order valence-corrected chi connectivity index (χ0v) is 19.8. The highest BCUT2D eigenvalue weighted by atomic mass is 127. The quantitative estimate of drug-likeness (QED) is 0.201. The van der Waals surface area contributed by atoms with Gasteiger partial charge in [0.2, 0.25) is 5.91 Å². The topological polar surface area (TPSA) is 65.5 Å². The monoisotopic (exact) mass is 548 g/mol. The molecule has 0 spiro atoms. The lowest BCUT2D eigenvalue weighted by atomic mass is 9.85. The molecule has 2 aliphatic carbocycles. The van der Waals surface area contributed by atoms with Crippen molar-refractivity contribution in [3.63, 3.8) is 0 Å². The minimum absolute atomic E-state index is 0. The number of hydrogen-bond acceptors (Lipinski definition) is 2. The summed E-state index contributed by atoms with van der Waals surface area (Å²) in [7, 11) is 1.80. The standard InChI is InChI=1S/C20H29BrN4O.HI/c1-22-19(24-13-5-12-23-18(26)15-6-4-7-15)25-14-20(10-11-20)16-8-2-3-9-17(16)21;/h2-3,8-9,15H,4-7,10-14H2,1H3,(H,23,26)(H2,22,24,25);1H. The maximum atomic E-state index is 11.8. The molecule has 0 saturated heterocycles. The largest absolute Gasteiger partial charge is 0.356 e. The summed E-state index contributed by atoms with van der Waals surface area (Å²) in [5.41, 5.74) is 1.59. The van der Waals surface area contributed by atoms with Crippen molar-refractivity contribution in [3.8, 4) is 0 Å². The van der Waals surface area contributed by atoms with Gasteiger partial charge in [0, 0.05) is 42.5 Å². The summed E-state index contributed by atoms with van der Waals surface area (Å²) in [6, 6.07) is 8.48. The Labute approximate surface area is 187 Å². The van der Waals surface area contributed by atoms with Crippen LogP contribution in [0.5, 0.6) is 0 Å². The first-order chi connectivity index (χ1) is 12.6. The molecule has 0 aromatic heterocycles. The molecule has 0 atom stereocenters. The van der Waals surface area contributed by atoms with Crippen LogP contribution in [0.15, 0.2) is 33.7 Å². The van der Waals surface area contributed by atoms with Crippen LogP contribution in [0.3, 0.4) is 0 Å². The predicted molar refractivity (Wildman–Crippen MR) is 125 cm³/mol. The van der Waals surface area contributed by atoms with Crippen LogP contribution in [0.2, 0.25) is 0 Å². The molecule has 2 saturated carbocycles. The SMILES string of the molecule is CN=C(NCCCNC(=O)C1CCC1)NCC1(c2ccccc2Br)CC1.I. The third-order valence-corrected chi connectivity index (χ3v) is 6.23. The first kappa shape index (κ1) is 22.5. The summed E-state index contributed by atoms with van der Waals surface area (Å²) in [5, 5.41) is 9.83. The number of carbonyl (C=O) groups excluding carboxylic acids is 1. The van der Waals surface area contributed by atoms with Crippen LogP contribution in [-0.2, 0) is 10.2 Å². The van der Waals surface area contributed by atoms with Crippen LogP contribution in [-0.4, -0.2) is 38.5 Å². The number of carbonyl (C=O) groups is 1. The van der Waals surface area contributed by atoms with E-state index in [4.69, 9.17) is 0 Å². The highest BCUT2D eigenvalue weighted by Gasteiger charge is 2.45.